The van der Waals surface area contributed by atoms with Crippen molar-refractivity contribution in [3.63, 3.8) is 0 Å². The van der Waals surface area contributed by atoms with Crippen molar-refractivity contribution >= 4 is 23.4 Å². The first-order valence-electron chi connectivity index (χ1n) is 7.94. The Morgan fingerprint density at radius 3 is 2.91 bits per heavy atom. The summed E-state index contributed by atoms with van der Waals surface area (Å²) in [4.78, 5) is 15.8. The zero-order chi connectivity index (χ0) is 16.2. The van der Waals surface area contributed by atoms with Crippen molar-refractivity contribution < 1.29 is 9.18 Å². The van der Waals surface area contributed by atoms with Gasteiger partial charge in [0.25, 0.3) is 0 Å². The summed E-state index contributed by atoms with van der Waals surface area (Å²) >= 11 is 1.83. The highest BCUT2D eigenvalue weighted by Crippen LogP contribution is 2.37. The summed E-state index contributed by atoms with van der Waals surface area (Å²) in [6.07, 6.45) is 1.94. The Labute approximate surface area is 140 Å². The topological polar surface area (TPSA) is 20.3 Å². The molecule has 2 aromatic carbocycles. The number of fused-ring (bicyclic) bond motifs is 1. The molecular formula is C19H20FNOS. The van der Waals surface area contributed by atoms with Gasteiger partial charge in [0.2, 0.25) is 5.91 Å². The average molecular weight is 329 g/mol. The molecule has 0 bridgehead atoms. The molecule has 0 radical (unpaired) electrons. The van der Waals surface area contributed by atoms with Crippen LogP contribution >= 0.6 is 11.8 Å². The van der Waals surface area contributed by atoms with Crippen molar-refractivity contribution in [3.05, 3.63) is 59.9 Å². The van der Waals surface area contributed by atoms with Crippen molar-refractivity contribution in [1.82, 2.24) is 0 Å². The minimum absolute atomic E-state index is 0.108. The Morgan fingerprint density at radius 1 is 1.26 bits per heavy atom. The zero-order valence-electron chi connectivity index (χ0n) is 13.2. The smallest absolute Gasteiger partial charge is 0.227 e. The zero-order valence-corrected chi connectivity index (χ0v) is 14.0. The number of thioether (sulfide) groups is 1. The van der Waals surface area contributed by atoms with E-state index < -0.39 is 0 Å². The molecule has 0 aliphatic carbocycles. The predicted molar refractivity (Wildman–Crippen MR) is 93.5 cm³/mol. The highest BCUT2D eigenvalue weighted by Gasteiger charge is 2.23. The van der Waals surface area contributed by atoms with Crippen LogP contribution in [0.2, 0.25) is 0 Å². The van der Waals surface area contributed by atoms with Gasteiger partial charge in [0.05, 0.1) is 5.69 Å². The number of rotatable bonds is 3. The predicted octanol–water partition coefficient (Wildman–Crippen LogP) is 4.68. The first-order valence-corrected chi connectivity index (χ1v) is 8.82. The lowest BCUT2D eigenvalue weighted by molar-refractivity contribution is -0.118. The number of carbonyl (C=O) groups excluding carboxylic acids is 1. The van der Waals surface area contributed by atoms with Gasteiger partial charge in [-0.15, -0.1) is 11.8 Å². The molecule has 0 fully saturated rings. The van der Waals surface area contributed by atoms with Crippen LogP contribution in [0.1, 0.15) is 25.3 Å². The van der Waals surface area contributed by atoms with Crippen LogP contribution in [-0.4, -0.2) is 17.7 Å². The fraction of sp³-hybridized carbons (Fsp3) is 0.316. The minimum Gasteiger partial charge on any atom is -0.311 e. The summed E-state index contributed by atoms with van der Waals surface area (Å²) in [6.45, 7) is 2.94. The Bertz CT molecular complexity index is 703. The molecule has 0 spiro atoms. The molecule has 0 saturated heterocycles. The van der Waals surface area contributed by atoms with E-state index in [0.29, 0.717) is 18.1 Å². The van der Waals surface area contributed by atoms with Gasteiger partial charge in [-0.1, -0.05) is 31.2 Å². The maximum Gasteiger partial charge on any atom is 0.227 e. The van der Waals surface area contributed by atoms with E-state index in [2.05, 4.69) is 13.0 Å². The highest BCUT2D eigenvalue weighted by molar-refractivity contribution is 8.00. The molecule has 1 aliphatic rings. The molecule has 1 heterocycles. The molecule has 23 heavy (non-hydrogen) atoms. The highest BCUT2D eigenvalue weighted by atomic mass is 32.2. The number of benzene rings is 2. The Kier molecular flexibility index (Phi) is 5.01. The standard InChI is InChI=1S/C19H20FNOS/c1-14-11-12-21(17-7-2-3-8-18(17)23-14)19(22)10-9-15-5-4-6-16(20)13-15/h2-8,13-14H,9-12H2,1H3. The summed E-state index contributed by atoms with van der Waals surface area (Å²) < 4.78 is 13.2. The van der Waals surface area contributed by atoms with E-state index in [0.717, 1.165) is 29.1 Å². The number of hydrogen-bond acceptors (Lipinski definition) is 2. The maximum absolute atomic E-state index is 13.2. The van der Waals surface area contributed by atoms with Crippen LogP contribution in [0.15, 0.2) is 53.4 Å². The van der Waals surface area contributed by atoms with Crippen LogP contribution in [0.3, 0.4) is 0 Å². The van der Waals surface area contributed by atoms with E-state index in [-0.39, 0.29) is 11.7 Å². The summed E-state index contributed by atoms with van der Waals surface area (Å²) in [5, 5.41) is 0.497. The Hall–Kier alpha value is -1.81. The van der Waals surface area contributed by atoms with Crippen LogP contribution in [-0.2, 0) is 11.2 Å². The SMILES string of the molecule is CC1CCN(C(=O)CCc2cccc(F)c2)c2ccccc2S1. The van der Waals surface area contributed by atoms with Crippen molar-refractivity contribution in [1.29, 1.82) is 0 Å². The van der Waals surface area contributed by atoms with Gasteiger partial charge in [0.1, 0.15) is 5.82 Å². The van der Waals surface area contributed by atoms with E-state index in [4.69, 9.17) is 0 Å². The molecule has 120 valence electrons. The maximum atomic E-state index is 13.2. The Balaban J connectivity index is 1.74. The molecule has 0 aromatic heterocycles. The van der Waals surface area contributed by atoms with Crippen molar-refractivity contribution in [2.45, 2.75) is 36.3 Å². The number of carbonyl (C=O) groups is 1. The second-order valence-corrected chi connectivity index (χ2v) is 7.34. The largest absolute Gasteiger partial charge is 0.311 e. The molecule has 0 saturated carbocycles. The van der Waals surface area contributed by atoms with Crippen LogP contribution in [0.5, 0.6) is 0 Å². The quantitative estimate of drug-likeness (QED) is 0.815. The van der Waals surface area contributed by atoms with Crippen LogP contribution in [0.25, 0.3) is 0 Å². The molecule has 0 N–H and O–H groups in total. The molecular weight excluding hydrogens is 309 g/mol. The monoisotopic (exact) mass is 329 g/mol. The third-order valence-corrected chi connectivity index (χ3v) is 5.30. The normalized spacial score (nSPS) is 17.5. The van der Waals surface area contributed by atoms with Crippen molar-refractivity contribution in [2.24, 2.45) is 0 Å². The summed E-state index contributed by atoms with van der Waals surface area (Å²) in [7, 11) is 0. The molecule has 1 atom stereocenters. The number of nitrogens with zero attached hydrogens (tertiary/aromatic N) is 1. The van der Waals surface area contributed by atoms with Gasteiger partial charge in [-0.05, 0) is 42.7 Å². The first kappa shape index (κ1) is 16.1. The summed E-state index contributed by atoms with van der Waals surface area (Å²) in [5.41, 5.74) is 1.87. The Morgan fingerprint density at radius 2 is 2.09 bits per heavy atom. The second kappa shape index (κ2) is 7.18. The molecule has 2 aromatic rings. The molecule has 1 amide bonds. The minimum atomic E-state index is -0.250. The number of para-hydroxylation sites is 1. The lowest BCUT2D eigenvalue weighted by atomic mass is 10.1. The number of amides is 1. The fourth-order valence-corrected chi connectivity index (χ4v) is 3.94. The lowest BCUT2D eigenvalue weighted by Gasteiger charge is -2.22. The van der Waals surface area contributed by atoms with Crippen LogP contribution in [0, 0.1) is 5.82 Å². The van der Waals surface area contributed by atoms with Gasteiger partial charge < -0.3 is 4.90 Å². The first-order chi connectivity index (χ1) is 11.1. The van der Waals surface area contributed by atoms with Crippen LogP contribution in [0.4, 0.5) is 10.1 Å². The summed E-state index contributed by atoms with van der Waals surface area (Å²) in [6, 6.07) is 14.6. The third kappa shape index (κ3) is 3.94. The van der Waals surface area contributed by atoms with Crippen molar-refractivity contribution in [2.75, 3.05) is 11.4 Å². The molecule has 4 heteroatoms. The average Bonchev–Trinajstić information content (AvgIpc) is 2.71. The van der Waals surface area contributed by atoms with Gasteiger partial charge in [-0.2, -0.15) is 0 Å². The van der Waals surface area contributed by atoms with Gasteiger partial charge in [-0.3, -0.25) is 4.79 Å². The van der Waals surface area contributed by atoms with Gasteiger partial charge in [0, 0.05) is 23.1 Å². The van der Waals surface area contributed by atoms with Crippen molar-refractivity contribution in [3.8, 4) is 0 Å². The van der Waals surface area contributed by atoms with Gasteiger partial charge >= 0.3 is 0 Å². The molecule has 3 rings (SSSR count). The number of halogens is 1. The van der Waals surface area contributed by atoms with Crippen LogP contribution < -0.4 is 4.90 Å². The third-order valence-electron chi connectivity index (χ3n) is 4.06. The van der Waals surface area contributed by atoms with Gasteiger partial charge in [-0.25, -0.2) is 4.39 Å². The number of aryl methyl sites for hydroxylation is 1. The van der Waals surface area contributed by atoms with E-state index >= 15 is 0 Å². The van der Waals surface area contributed by atoms with E-state index in [1.165, 1.54) is 12.1 Å². The summed E-state index contributed by atoms with van der Waals surface area (Å²) in [5.74, 6) is -0.142. The molecule has 2 nitrogen and oxygen atoms in total. The molecule has 1 aliphatic heterocycles. The van der Waals surface area contributed by atoms with E-state index in [1.54, 1.807) is 6.07 Å². The van der Waals surface area contributed by atoms with E-state index in [1.807, 2.05) is 40.9 Å². The fourth-order valence-electron chi connectivity index (χ4n) is 2.82. The lowest BCUT2D eigenvalue weighted by Crippen LogP contribution is -2.32. The molecule has 1 unspecified atom stereocenters. The second-order valence-electron chi connectivity index (χ2n) is 5.86. The number of anilines is 1. The van der Waals surface area contributed by atoms with E-state index in [9.17, 15) is 9.18 Å². The number of hydrogen-bond donors (Lipinski definition) is 0. The van der Waals surface area contributed by atoms with Gasteiger partial charge in [0.15, 0.2) is 0 Å².